The monoisotopic (exact) mass is 948 g/mol. The summed E-state index contributed by atoms with van der Waals surface area (Å²) >= 11 is 0. The van der Waals surface area contributed by atoms with Gasteiger partial charge in [0.15, 0.2) is 0 Å². The molecule has 1 saturated carbocycles. The molecule has 0 aliphatic heterocycles. The molecule has 0 spiro atoms. The zero-order chi connectivity index (χ0) is 49.6. The SMILES string of the molecule is COc1ccccc1CC(O)(Cc1ccccc1OC)[C@@H](NC(=O)C1(C(=O)N[C@@H](c2cccc3ccccc23)C(O)(Cc2ccccc2OC)Cc2ccccc2OC)CC1)c1cccc2ccccc12. The second-order valence-corrected chi connectivity index (χ2v) is 18.7. The molecular formula is C61H60N2O8. The van der Waals surface area contributed by atoms with E-state index in [-0.39, 0.29) is 38.5 Å². The first kappa shape index (κ1) is 48.4. The summed E-state index contributed by atoms with van der Waals surface area (Å²) in [6, 6.07) is 55.4. The van der Waals surface area contributed by atoms with E-state index in [1.165, 1.54) is 0 Å². The van der Waals surface area contributed by atoms with Gasteiger partial charge in [-0.25, -0.2) is 0 Å². The number of fused-ring (bicyclic) bond motifs is 2. The predicted octanol–water partition coefficient (Wildman–Crippen LogP) is 10.3. The molecule has 0 aromatic heterocycles. The largest absolute Gasteiger partial charge is 0.496 e. The number of ether oxygens (including phenoxy) is 4. The molecule has 0 heterocycles. The summed E-state index contributed by atoms with van der Waals surface area (Å²) in [6.07, 6.45) is 0.720. The van der Waals surface area contributed by atoms with Crippen LogP contribution < -0.4 is 29.6 Å². The Morgan fingerprint density at radius 2 is 0.718 bits per heavy atom. The van der Waals surface area contributed by atoms with E-state index in [1.54, 1.807) is 28.4 Å². The van der Waals surface area contributed by atoms with Crippen molar-refractivity contribution in [2.45, 2.75) is 61.8 Å². The second-order valence-electron chi connectivity index (χ2n) is 18.7. The van der Waals surface area contributed by atoms with Crippen LogP contribution in [0.1, 0.15) is 58.3 Å². The molecule has 8 aromatic rings. The van der Waals surface area contributed by atoms with E-state index in [0.29, 0.717) is 34.1 Å². The third kappa shape index (κ3) is 9.91. The molecule has 0 saturated heterocycles. The number of carbonyl (C=O) groups excluding carboxylic acids is 2. The quantitative estimate of drug-likeness (QED) is 0.0555. The van der Waals surface area contributed by atoms with Crippen molar-refractivity contribution >= 4 is 33.4 Å². The van der Waals surface area contributed by atoms with Crippen LogP contribution >= 0.6 is 0 Å². The van der Waals surface area contributed by atoms with Gasteiger partial charge >= 0.3 is 0 Å². The highest BCUT2D eigenvalue weighted by Crippen LogP contribution is 2.50. The molecule has 1 fully saturated rings. The van der Waals surface area contributed by atoms with Crippen molar-refractivity contribution in [2.75, 3.05) is 28.4 Å². The van der Waals surface area contributed by atoms with Gasteiger partial charge in [0.2, 0.25) is 11.8 Å². The molecule has 8 aromatic carbocycles. The minimum absolute atomic E-state index is 0.0600. The van der Waals surface area contributed by atoms with Gasteiger partial charge in [-0.15, -0.1) is 0 Å². The molecule has 10 nitrogen and oxygen atoms in total. The zero-order valence-corrected chi connectivity index (χ0v) is 40.6. The lowest BCUT2D eigenvalue weighted by atomic mass is 9.76. The van der Waals surface area contributed by atoms with Crippen molar-refractivity contribution in [1.29, 1.82) is 0 Å². The van der Waals surface area contributed by atoms with Crippen LogP contribution in [0.15, 0.2) is 182 Å². The Labute approximate surface area is 415 Å². The molecule has 0 radical (unpaired) electrons. The molecule has 0 unspecified atom stereocenters. The summed E-state index contributed by atoms with van der Waals surface area (Å²) in [5.74, 6) is 1.25. The Kier molecular flexibility index (Phi) is 14.1. The maximum absolute atomic E-state index is 15.6. The second kappa shape index (κ2) is 20.7. The highest BCUT2D eigenvalue weighted by atomic mass is 16.5. The minimum atomic E-state index is -1.73. The van der Waals surface area contributed by atoms with Gasteiger partial charge in [0.05, 0.1) is 51.7 Å². The van der Waals surface area contributed by atoms with E-state index in [1.807, 2.05) is 182 Å². The lowest BCUT2D eigenvalue weighted by Gasteiger charge is -2.40. The molecule has 71 heavy (non-hydrogen) atoms. The van der Waals surface area contributed by atoms with Crippen LogP contribution in [-0.2, 0) is 35.3 Å². The summed E-state index contributed by atoms with van der Waals surface area (Å²) in [7, 11) is 6.38. The van der Waals surface area contributed by atoms with Crippen LogP contribution in [0.4, 0.5) is 0 Å². The smallest absolute Gasteiger partial charge is 0.236 e. The molecule has 0 bridgehead atoms. The topological polar surface area (TPSA) is 136 Å². The van der Waals surface area contributed by atoms with E-state index < -0.39 is 40.5 Å². The van der Waals surface area contributed by atoms with Gasteiger partial charge in [0, 0.05) is 25.7 Å². The summed E-state index contributed by atoms with van der Waals surface area (Å²) in [5, 5.41) is 37.5. The van der Waals surface area contributed by atoms with Crippen molar-refractivity contribution in [1.82, 2.24) is 10.6 Å². The number of carbonyl (C=O) groups is 2. The molecule has 9 rings (SSSR count). The molecule has 362 valence electrons. The molecule has 2 amide bonds. The van der Waals surface area contributed by atoms with Crippen LogP contribution in [0.5, 0.6) is 23.0 Å². The number of benzene rings is 8. The van der Waals surface area contributed by atoms with Gasteiger partial charge in [0.25, 0.3) is 0 Å². The maximum atomic E-state index is 15.6. The average Bonchev–Trinajstić information content (AvgIpc) is 4.22. The molecule has 10 heteroatoms. The Bertz CT molecular complexity index is 2860. The molecular weight excluding hydrogens is 889 g/mol. The van der Waals surface area contributed by atoms with Crippen molar-refractivity contribution < 1.29 is 38.7 Å². The fraction of sp³-hybridized carbons (Fsp3) is 0.246. The number of aliphatic hydroxyl groups is 2. The van der Waals surface area contributed by atoms with Crippen molar-refractivity contribution in [3.05, 3.63) is 215 Å². The molecule has 4 N–H and O–H groups in total. The normalized spacial score (nSPS) is 14.0. The summed E-state index contributed by atoms with van der Waals surface area (Å²) in [6.45, 7) is 0. The fourth-order valence-electron chi connectivity index (χ4n) is 10.5. The third-order valence-electron chi connectivity index (χ3n) is 14.3. The van der Waals surface area contributed by atoms with Crippen molar-refractivity contribution in [3.8, 4) is 23.0 Å². The number of para-hydroxylation sites is 4. The van der Waals surface area contributed by atoms with E-state index >= 15 is 9.59 Å². The predicted molar refractivity (Wildman–Crippen MR) is 278 cm³/mol. The van der Waals surface area contributed by atoms with E-state index in [2.05, 4.69) is 10.6 Å². The number of hydrogen-bond acceptors (Lipinski definition) is 8. The number of hydrogen-bond donors (Lipinski definition) is 4. The van der Waals surface area contributed by atoms with Gasteiger partial charge in [-0.2, -0.15) is 0 Å². The fourth-order valence-corrected chi connectivity index (χ4v) is 10.5. The van der Waals surface area contributed by atoms with Gasteiger partial charge in [-0.1, -0.05) is 158 Å². The Morgan fingerprint density at radius 1 is 0.437 bits per heavy atom. The minimum Gasteiger partial charge on any atom is -0.496 e. The van der Waals surface area contributed by atoms with Crippen LogP contribution in [0, 0.1) is 5.41 Å². The van der Waals surface area contributed by atoms with Crippen LogP contribution in [0.3, 0.4) is 0 Å². The maximum Gasteiger partial charge on any atom is 0.236 e. The van der Waals surface area contributed by atoms with E-state index in [4.69, 9.17) is 18.9 Å². The number of rotatable bonds is 20. The lowest BCUT2D eigenvalue weighted by molar-refractivity contribution is -0.141. The standard InChI is InChI=1S/C61H60N2O8/c1-68-51-31-13-7-21-43(51)37-60(66,38-44-22-8-14-32-52(44)69-2)55(49-29-17-25-41-19-5-11-27-47(41)49)62-57(64)59(35-36-59)58(65)63-56(50-30-18-26-42-20-6-12-28-48(42)50)61(67,39-45-23-9-15-33-53(45)70-3)40-46-24-10-16-34-54(46)71-4/h5-34,55-56,66-67H,35-40H2,1-4H3,(H,62,64)(H,63,65)/t55-,56-/m0/s1. The first-order valence-electron chi connectivity index (χ1n) is 24.0. The van der Waals surface area contributed by atoms with Crippen LogP contribution in [0.2, 0.25) is 0 Å². The first-order valence-corrected chi connectivity index (χ1v) is 24.0. The zero-order valence-electron chi connectivity index (χ0n) is 40.6. The van der Waals surface area contributed by atoms with Crippen molar-refractivity contribution in [3.63, 3.8) is 0 Å². The first-order chi connectivity index (χ1) is 34.5. The van der Waals surface area contributed by atoms with Gasteiger partial charge in [0.1, 0.15) is 28.4 Å². The Morgan fingerprint density at radius 3 is 1.03 bits per heavy atom. The third-order valence-corrected chi connectivity index (χ3v) is 14.3. The summed E-state index contributed by atoms with van der Waals surface area (Å²) in [4.78, 5) is 31.2. The van der Waals surface area contributed by atoms with Gasteiger partial charge < -0.3 is 39.8 Å². The van der Waals surface area contributed by atoms with Crippen LogP contribution in [0.25, 0.3) is 21.5 Å². The average molecular weight is 949 g/mol. The van der Waals surface area contributed by atoms with Crippen molar-refractivity contribution in [2.24, 2.45) is 5.41 Å². The van der Waals surface area contributed by atoms with Gasteiger partial charge in [-0.3, -0.25) is 9.59 Å². The summed E-state index contributed by atoms with van der Waals surface area (Å²) < 4.78 is 23.3. The Hall–Kier alpha value is -7.66. The number of methoxy groups -OCH3 is 4. The van der Waals surface area contributed by atoms with Gasteiger partial charge in [-0.05, 0) is 92.0 Å². The van der Waals surface area contributed by atoms with Crippen LogP contribution in [-0.4, -0.2) is 61.7 Å². The molecule has 1 aliphatic rings. The number of amides is 2. The highest BCUT2D eigenvalue weighted by molar-refractivity contribution is 6.08. The van der Waals surface area contributed by atoms with E-state index in [0.717, 1.165) is 43.8 Å². The number of nitrogens with one attached hydrogen (secondary N) is 2. The Balaban J connectivity index is 1.16. The summed E-state index contributed by atoms with van der Waals surface area (Å²) in [5.41, 5.74) is -0.747. The molecule has 1 aliphatic carbocycles. The molecule has 2 atom stereocenters. The lowest BCUT2D eigenvalue weighted by Crippen LogP contribution is -2.55. The van der Waals surface area contributed by atoms with E-state index in [9.17, 15) is 10.2 Å². The highest BCUT2D eigenvalue weighted by Gasteiger charge is 2.59.